The Labute approximate surface area is 183 Å². The third-order valence-corrected chi connectivity index (χ3v) is 5.51. The van der Waals surface area contributed by atoms with E-state index in [1.54, 1.807) is 18.4 Å². The van der Waals surface area contributed by atoms with Crippen molar-refractivity contribution in [3.05, 3.63) is 45.9 Å². The van der Waals surface area contributed by atoms with E-state index in [0.717, 1.165) is 35.2 Å². The van der Waals surface area contributed by atoms with Crippen LogP contribution in [0.4, 0.5) is 0 Å². The van der Waals surface area contributed by atoms with Crippen molar-refractivity contribution in [2.75, 3.05) is 13.6 Å². The average molecular weight is 500 g/mol. The van der Waals surface area contributed by atoms with Gasteiger partial charge in [0.15, 0.2) is 5.96 Å². The van der Waals surface area contributed by atoms with Crippen LogP contribution in [0, 0.1) is 6.92 Å². The fraction of sp³-hybridized carbons (Fsp3) is 0.500. The molecule has 5 nitrogen and oxygen atoms in total. The molecule has 7 heteroatoms. The minimum atomic E-state index is 0. The summed E-state index contributed by atoms with van der Waals surface area (Å²) < 4.78 is 6.21. The number of para-hydroxylation sites is 1. The van der Waals surface area contributed by atoms with E-state index in [4.69, 9.17) is 4.74 Å². The molecule has 1 aliphatic carbocycles. The maximum atomic E-state index is 6.21. The van der Waals surface area contributed by atoms with Crippen molar-refractivity contribution < 1.29 is 4.74 Å². The maximum absolute atomic E-state index is 6.21. The number of hydrogen-bond donors (Lipinski definition) is 2. The van der Waals surface area contributed by atoms with Gasteiger partial charge in [0.05, 0.1) is 11.1 Å². The molecule has 0 bridgehead atoms. The van der Waals surface area contributed by atoms with Crippen molar-refractivity contribution >= 4 is 41.3 Å². The molecule has 0 spiro atoms. The summed E-state index contributed by atoms with van der Waals surface area (Å²) in [6.45, 7) is 3.59. The molecule has 27 heavy (non-hydrogen) atoms. The number of hydrogen-bond acceptors (Lipinski definition) is 4. The predicted molar refractivity (Wildman–Crippen MR) is 123 cm³/mol. The highest BCUT2D eigenvalue weighted by Gasteiger charge is 2.17. The molecular formula is C20H29IN4OS. The number of nitrogens with one attached hydrogen (secondary N) is 2. The van der Waals surface area contributed by atoms with Gasteiger partial charge in [0.1, 0.15) is 5.75 Å². The minimum Gasteiger partial charge on any atom is -0.490 e. The van der Waals surface area contributed by atoms with Crippen LogP contribution in [0.2, 0.25) is 0 Å². The Morgan fingerprint density at radius 1 is 1.26 bits per heavy atom. The van der Waals surface area contributed by atoms with Crippen LogP contribution in [0.25, 0.3) is 0 Å². The Kier molecular flexibility index (Phi) is 9.33. The number of rotatable bonds is 7. The summed E-state index contributed by atoms with van der Waals surface area (Å²) in [5.41, 5.74) is 1.16. The first kappa shape index (κ1) is 21.9. The van der Waals surface area contributed by atoms with Crippen molar-refractivity contribution in [1.82, 2.24) is 15.6 Å². The number of ether oxygens (including phenoxy) is 1. The molecule has 0 aliphatic heterocycles. The van der Waals surface area contributed by atoms with E-state index >= 15 is 0 Å². The van der Waals surface area contributed by atoms with Crippen LogP contribution in [-0.4, -0.2) is 30.6 Å². The zero-order chi connectivity index (χ0) is 18.2. The standard InChI is InChI=1S/C20H28N4OS.HI/c1-15-13-23-19(26-15)11-12-22-20(21-2)24-14-16-7-3-6-10-18(16)25-17-8-4-5-9-17;/h3,6-7,10,13,17H,4-5,8-9,11-12,14H2,1-2H3,(H2,21,22,24);1H. The quantitative estimate of drug-likeness (QED) is 0.338. The Morgan fingerprint density at radius 2 is 2.04 bits per heavy atom. The summed E-state index contributed by atoms with van der Waals surface area (Å²) in [6.07, 6.45) is 8.09. The molecule has 1 fully saturated rings. The third kappa shape index (κ3) is 6.95. The van der Waals surface area contributed by atoms with Crippen molar-refractivity contribution in [1.29, 1.82) is 0 Å². The molecule has 0 unspecified atom stereocenters. The predicted octanol–water partition coefficient (Wildman–Crippen LogP) is 4.30. The Morgan fingerprint density at radius 3 is 2.74 bits per heavy atom. The van der Waals surface area contributed by atoms with Crippen LogP contribution in [0.1, 0.15) is 41.1 Å². The molecule has 1 aromatic carbocycles. The first-order valence-corrected chi connectivity index (χ1v) is 10.2. The molecule has 1 saturated carbocycles. The zero-order valence-corrected chi connectivity index (χ0v) is 19.2. The average Bonchev–Trinajstić information content (AvgIpc) is 3.31. The number of guanidine groups is 1. The summed E-state index contributed by atoms with van der Waals surface area (Å²) in [4.78, 5) is 9.95. The Hall–Kier alpha value is -1.35. The number of thiazole rings is 1. The van der Waals surface area contributed by atoms with Crippen molar-refractivity contribution in [2.45, 2.75) is 51.7 Å². The smallest absolute Gasteiger partial charge is 0.191 e. The lowest BCUT2D eigenvalue weighted by molar-refractivity contribution is 0.208. The minimum absolute atomic E-state index is 0. The van der Waals surface area contributed by atoms with Crippen LogP contribution in [0.3, 0.4) is 0 Å². The molecular weight excluding hydrogens is 471 g/mol. The van der Waals surface area contributed by atoms with Gasteiger partial charge in [-0.25, -0.2) is 4.98 Å². The summed E-state index contributed by atoms with van der Waals surface area (Å²) >= 11 is 1.75. The van der Waals surface area contributed by atoms with Gasteiger partial charge in [-0.1, -0.05) is 18.2 Å². The Bertz CT molecular complexity index is 728. The lowest BCUT2D eigenvalue weighted by Gasteiger charge is -2.17. The van der Waals surface area contributed by atoms with E-state index in [1.807, 2.05) is 12.3 Å². The van der Waals surface area contributed by atoms with Gasteiger partial charge in [-0.15, -0.1) is 35.3 Å². The summed E-state index contributed by atoms with van der Waals surface area (Å²) in [5, 5.41) is 7.89. The zero-order valence-electron chi connectivity index (χ0n) is 16.0. The van der Waals surface area contributed by atoms with Crippen LogP contribution in [-0.2, 0) is 13.0 Å². The molecule has 0 atom stereocenters. The van der Waals surface area contributed by atoms with Gasteiger partial charge < -0.3 is 15.4 Å². The van der Waals surface area contributed by atoms with E-state index in [9.17, 15) is 0 Å². The van der Waals surface area contributed by atoms with Crippen LogP contribution in [0.5, 0.6) is 5.75 Å². The van der Waals surface area contributed by atoms with Gasteiger partial charge in [0.25, 0.3) is 0 Å². The second-order valence-corrected chi connectivity index (χ2v) is 7.92. The topological polar surface area (TPSA) is 58.5 Å². The van der Waals surface area contributed by atoms with Gasteiger partial charge in [0, 0.05) is 43.2 Å². The highest BCUT2D eigenvalue weighted by atomic mass is 127. The normalized spacial score (nSPS) is 14.7. The SMILES string of the molecule is CN=C(NCCc1ncc(C)s1)NCc1ccccc1OC1CCCC1.I. The molecule has 1 aromatic heterocycles. The van der Waals surface area contributed by atoms with Gasteiger partial charge in [-0.05, 0) is 38.7 Å². The van der Waals surface area contributed by atoms with E-state index in [0.29, 0.717) is 12.6 Å². The lowest BCUT2D eigenvalue weighted by Crippen LogP contribution is -2.38. The van der Waals surface area contributed by atoms with Gasteiger partial charge in [-0.3, -0.25) is 4.99 Å². The number of halogens is 1. The monoisotopic (exact) mass is 500 g/mol. The molecule has 3 rings (SSSR count). The molecule has 2 aromatic rings. The molecule has 2 N–H and O–H groups in total. The fourth-order valence-corrected chi connectivity index (χ4v) is 3.94. The third-order valence-electron chi connectivity index (χ3n) is 4.54. The van der Waals surface area contributed by atoms with Crippen molar-refractivity contribution in [2.24, 2.45) is 4.99 Å². The van der Waals surface area contributed by atoms with Crippen molar-refractivity contribution in [3.63, 3.8) is 0 Å². The largest absolute Gasteiger partial charge is 0.490 e. The summed E-state index contributed by atoms with van der Waals surface area (Å²) in [7, 11) is 1.80. The Balaban J connectivity index is 0.00000261. The highest BCUT2D eigenvalue weighted by Crippen LogP contribution is 2.26. The molecule has 148 valence electrons. The summed E-state index contributed by atoms with van der Waals surface area (Å²) in [5.74, 6) is 1.79. The van der Waals surface area contributed by atoms with Crippen LogP contribution in [0.15, 0.2) is 35.5 Å². The lowest BCUT2D eigenvalue weighted by atomic mass is 10.2. The molecule has 0 radical (unpaired) electrons. The number of aromatic nitrogens is 1. The first-order valence-electron chi connectivity index (χ1n) is 9.35. The second-order valence-electron chi connectivity index (χ2n) is 6.60. The second kappa shape index (κ2) is 11.5. The van der Waals surface area contributed by atoms with Gasteiger partial charge in [0.2, 0.25) is 0 Å². The maximum Gasteiger partial charge on any atom is 0.191 e. The highest BCUT2D eigenvalue weighted by molar-refractivity contribution is 14.0. The first-order chi connectivity index (χ1) is 12.7. The van der Waals surface area contributed by atoms with Crippen LogP contribution >= 0.6 is 35.3 Å². The number of benzene rings is 1. The number of aryl methyl sites for hydroxylation is 1. The van der Waals surface area contributed by atoms with Crippen molar-refractivity contribution in [3.8, 4) is 5.75 Å². The van der Waals surface area contributed by atoms with E-state index in [2.05, 4.69) is 45.7 Å². The molecule has 0 amide bonds. The van der Waals surface area contributed by atoms with Gasteiger partial charge in [-0.2, -0.15) is 0 Å². The van der Waals surface area contributed by atoms with Crippen LogP contribution < -0.4 is 15.4 Å². The van der Waals surface area contributed by atoms with E-state index < -0.39 is 0 Å². The summed E-state index contributed by atoms with van der Waals surface area (Å²) in [6, 6.07) is 8.27. The number of nitrogens with zero attached hydrogens (tertiary/aromatic N) is 2. The van der Waals surface area contributed by atoms with E-state index in [-0.39, 0.29) is 24.0 Å². The molecule has 0 saturated heterocycles. The molecule has 1 heterocycles. The fourth-order valence-electron chi connectivity index (χ4n) is 3.16. The number of aliphatic imine (C=N–C) groups is 1. The van der Waals surface area contributed by atoms with Gasteiger partial charge >= 0.3 is 0 Å². The molecule has 1 aliphatic rings. The van der Waals surface area contributed by atoms with E-state index in [1.165, 1.54) is 30.6 Å².